The number of nitrogen functional groups attached to an aromatic ring is 1. The van der Waals surface area contributed by atoms with E-state index in [0.717, 1.165) is 35.6 Å². The van der Waals surface area contributed by atoms with E-state index in [1.54, 1.807) is 18.2 Å². The summed E-state index contributed by atoms with van der Waals surface area (Å²) in [6.07, 6.45) is -1.04. The van der Waals surface area contributed by atoms with E-state index < -0.39 is 12.1 Å². The second-order valence-corrected chi connectivity index (χ2v) is 14.7. The van der Waals surface area contributed by atoms with Gasteiger partial charge in [0, 0.05) is 32.7 Å². The molecule has 3 fully saturated rings. The minimum Gasteiger partial charge on any atom is -0.375 e. The molecule has 3 heterocycles. The molecule has 7 rings (SSSR count). The lowest BCUT2D eigenvalue weighted by Crippen LogP contribution is -2.40. The molecule has 10 nitrogen and oxygen atoms in total. The van der Waals surface area contributed by atoms with Gasteiger partial charge in [-0.15, -0.1) is 0 Å². The zero-order valence-electron chi connectivity index (χ0n) is 25.8. The minimum absolute atomic E-state index is 0.00498. The molecule has 2 aliphatic carbocycles. The Morgan fingerprint density at radius 1 is 1.08 bits per heavy atom. The Morgan fingerprint density at radius 2 is 1.81 bits per heavy atom. The lowest BCUT2D eigenvalue weighted by molar-refractivity contribution is -0.182. The van der Waals surface area contributed by atoms with E-state index in [4.69, 9.17) is 33.9 Å². The molecule has 3 aliphatic rings. The van der Waals surface area contributed by atoms with Crippen LogP contribution in [0.5, 0.6) is 0 Å². The number of halogens is 5. The number of anilines is 4. The number of hydrogen-bond acceptors (Lipinski definition) is 8. The van der Waals surface area contributed by atoms with Crippen molar-refractivity contribution in [2.24, 2.45) is 24.8 Å². The van der Waals surface area contributed by atoms with Gasteiger partial charge in [-0.25, -0.2) is 9.97 Å². The van der Waals surface area contributed by atoms with E-state index in [9.17, 15) is 22.8 Å². The van der Waals surface area contributed by atoms with Crippen LogP contribution in [0.25, 0.3) is 11.0 Å². The van der Waals surface area contributed by atoms with Gasteiger partial charge in [0.25, 0.3) is 11.8 Å². The van der Waals surface area contributed by atoms with Crippen molar-refractivity contribution in [3.8, 4) is 0 Å². The first-order valence-corrected chi connectivity index (χ1v) is 17.3. The van der Waals surface area contributed by atoms with Crippen molar-refractivity contribution in [1.82, 2.24) is 25.2 Å². The number of fused-ring (bicyclic) bond motifs is 2. The van der Waals surface area contributed by atoms with Crippen LogP contribution >= 0.6 is 34.5 Å². The Morgan fingerprint density at radius 3 is 2.48 bits per heavy atom. The second-order valence-electron chi connectivity index (χ2n) is 12.8. The smallest absolute Gasteiger partial charge is 0.375 e. The van der Waals surface area contributed by atoms with Crippen LogP contribution in [0.4, 0.5) is 35.6 Å². The lowest BCUT2D eigenvalue weighted by Gasteiger charge is -2.31. The molecule has 2 atom stereocenters. The first kappa shape index (κ1) is 32.8. The quantitative estimate of drug-likeness (QED) is 0.156. The molecule has 0 radical (unpaired) electrons. The Hall–Kier alpha value is -3.75. The first-order chi connectivity index (χ1) is 22.9. The Bertz CT molecular complexity index is 1900. The molecule has 2 aromatic heterocycles. The third-order valence-corrected chi connectivity index (χ3v) is 11.3. The summed E-state index contributed by atoms with van der Waals surface area (Å²) in [6.45, 7) is 1.82. The molecule has 1 aliphatic heterocycles. The summed E-state index contributed by atoms with van der Waals surface area (Å²) in [5, 5.41) is 10.0. The fourth-order valence-electron chi connectivity index (χ4n) is 6.82. The number of amides is 2. The van der Waals surface area contributed by atoms with Crippen LogP contribution in [0, 0.1) is 17.8 Å². The number of benzene rings is 2. The largest absolute Gasteiger partial charge is 0.391 e. The summed E-state index contributed by atoms with van der Waals surface area (Å²) in [5.74, 6) is -0.323. The van der Waals surface area contributed by atoms with Crippen molar-refractivity contribution in [1.29, 1.82) is 0 Å². The molecular weight excluding hydrogens is 688 g/mol. The third kappa shape index (κ3) is 6.49. The lowest BCUT2D eigenvalue weighted by atomic mass is 9.85. The summed E-state index contributed by atoms with van der Waals surface area (Å²) in [6, 6.07) is 6.77. The maximum Gasteiger partial charge on any atom is 0.391 e. The molecule has 2 aromatic carbocycles. The van der Waals surface area contributed by atoms with Gasteiger partial charge in [0.15, 0.2) is 5.13 Å². The average Bonchev–Trinajstić information content (AvgIpc) is 3.32. The predicted molar refractivity (Wildman–Crippen MR) is 181 cm³/mol. The van der Waals surface area contributed by atoms with E-state index >= 15 is 0 Å². The number of piperidine rings is 1. The topological polar surface area (TPSA) is 130 Å². The number of imidazole rings is 1. The van der Waals surface area contributed by atoms with E-state index in [-0.39, 0.29) is 50.1 Å². The predicted octanol–water partition coefficient (Wildman–Crippen LogP) is 6.90. The van der Waals surface area contributed by atoms with Gasteiger partial charge < -0.3 is 31.2 Å². The second kappa shape index (κ2) is 12.6. The molecule has 2 saturated carbocycles. The van der Waals surface area contributed by atoms with Gasteiger partial charge >= 0.3 is 6.18 Å². The van der Waals surface area contributed by atoms with Crippen molar-refractivity contribution in [3.05, 3.63) is 56.5 Å². The number of aromatic nitrogens is 3. The molecule has 5 N–H and O–H groups in total. The molecule has 16 heteroatoms. The summed E-state index contributed by atoms with van der Waals surface area (Å²) < 4.78 is 41.5. The molecule has 0 bridgehead atoms. The maximum absolute atomic E-state index is 13.7. The molecule has 48 heavy (non-hydrogen) atoms. The van der Waals surface area contributed by atoms with Crippen LogP contribution in [0.2, 0.25) is 10.0 Å². The maximum atomic E-state index is 13.7. The number of alkyl halides is 3. The molecule has 1 saturated heterocycles. The fraction of sp³-hybridized carbons (Fsp3) is 0.438. The highest BCUT2D eigenvalue weighted by Gasteiger charge is 2.46. The van der Waals surface area contributed by atoms with Crippen LogP contribution in [0.15, 0.2) is 30.5 Å². The van der Waals surface area contributed by atoms with Crippen molar-refractivity contribution < 1.29 is 22.8 Å². The minimum atomic E-state index is -4.21. The van der Waals surface area contributed by atoms with Crippen LogP contribution in [0.3, 0.4) is 0 Å². The van der Waals surface area contributed by atoms with Gasteiger partial charge in [-0.1, -0.05) is 40.6 Å². The number of thiazole rings is 1. The monoisotopic (exact) mass is 720 g/mol. The Balaban J connectivity index is 1.14. The number of aryl methyl sites for hydroxylation is 1. The summed E-state index contributed by atoms with van der Waals surface area (Å²) in [7, 11) is 1.84. The fourth-order valence-corrected chi connectivity index (χ4v) is 7.95. The normalized spacial score (nSPS) is 22.1. The van der Waals surface area contributed by atoms with Crippen molar-refractivity contribution in [3.63, 3.8) is 0 Å². The third-order valence-electron chi connectivity index (χ3n) is 9.68. The van der Waals surface area contributed by atoms with Gasteiger partial charge in [0.2, 0.25) is 5.95 Å². The zero-order chi connectivity index (χ0) is 33.9. The van der Waals surface area contributed by atoms with Crippen molar-refractivity contribution in [2.45, 2.75) is 50.9 Å². The Labute approximate surface area is 288 Å². The number of rotatable bonds is 8. The molecule has 4 aromatic rings. The highest BCUT2D eigenvalue weighted by atomic mass is 35.5. The van der Waals surface area contributed by atoms with Gasteiger partial charge in [0.1, 0.15) is 4.88 Å². The number of nitrogens with zero attached hydrogens (tertiary/aromatic N) is 4. The Kier molecular flexibility index (Phi) is 8.61. The number of nitrogens with two attached hydrogens (primary N) is 1. The van der Waals surface area contributed by atoms with Crippen LogP contribution < -0.4 is 26.6 Å². The van der Waals surface area contributed by atoms with E-state index in [1.165, 1.54) is 12.6 Å². The van der Waals surface area contributed by atoms with E-state index in [2.05, 4.69) is 25.8 Å². The first-order valence-electron chi connectivity index (χ1n) is 15.7. The average molecular weight is 722 g/mol. The van der Waals surface area contributed by atoms with Gasteiger partial charge in [-0.2, -0.15) is 13.2 Å². The standard InChI is InChI=1S/C32H33Cl2F3N8O2S/c1-44-24-10-23(45-13-16-8-17(16)14-45)20(28(46)41-19-5-3-18(4-6-19)32(35,36)37)9-22(24)42-31(44)43-27-21(33)7-2-15(26(27)34)11-39-29(47)25-12-40-30(38)48-25/h2,7,9-10,12,16-19H,3-6,8,11,13-14H2,1H3,(H2,38,40)(H,39,47)(H,41,46)(H,42,43). The van der Waals surface area contributed by atoms with Gasteiger partial charge in [-0.05, 0) is 67.7 Å². The van der Waals surface area contributed by atoms with Crippen LogP contribution in [-0.2, 0) is 13.6 Å². The molecule has 2 unspecified atom stereocenters. The van der Waals surface area contributed by atoms with Gasteiger partial charge in [-0.3, -0.25) is 9.59 Å². The van der Waals surface area contributed by atoms with Crippen LogP contribution in [0.1, 0.15) is 57.7 Å². The number of carbonyl (C=O) groups excluding carboxylic acids is 2. The van der Waals surface area contributed by atoms with E-state index in [1.807, 2.05) is 17.7 Å². The van der Waals surface area contributed by atoms with E-state index in [0.29, 0.717) is 60.2 Å². The number of hydrogen-bond donors (Lipinski definition) is 4. The molecular formula is C32H33Cl2F3N8O2S. The highest BCUT2D eigenvalue weighted by molar-refractivity contribution is 7.17. The number of nitrogens with one attached hydrogen (secondary N) is 3. The summed E-state index contributed by atoms with van der Waals surface area (Å²) >= 11 is 14.4. The van der Waals surface area contributed by atoms with Crippen molar-refractivity contribution >= 4 is 79.8 Å². The van der Waals surface area contributed by atoms with Crippen LogP contribution in [-0.4, -0.2) is 51.7 Å². The summed E-state index contributed by atoms with van der Waals surface area (Å²) in [5.41, 5.74) is 9.22. The highest BCUT2D eigenvalue weighted by Crippen LogP contribution is 2.47. The van der Waals surface area contributed by atoms with Gasteiger partial charge in [0.05, 0.1) is 50.1 Å². The molecule has 2 amide bonds. The van der Waals surface area contributed by atoms with Crippen molar-refractivity contribution in [2.75, 3.05) is 29.0 Å². The summed E-state index contributed by atoms with van der Waals surface area (Å²) in [4.78, 5) is 37.6. The SMILES string of the molecule is Cn1c(Nc2c(Cl)ccc(CNC(=O)c3cnc(N)s3)c2Cl)nc2cc(C(=O)NC3CCC(C(F)(F)F)CC3)c(N3CC4CC4C3)cc21. The number of carbonyl (C=O) groups is 2. The molecule has 0 spiro atoms. The molecule has 254 valence electrons. The zero-order valence-corrected chi connectivity index (χ0v) is 28.2.